The molecule has 64 heavy (non-hydrogen) atoms. The Kier molecular flexibility index (Phi) is 10.8. The summed E-state index contributed by atoms with van der Waals surface area (Å²) < 4.78 is 0. The fourth-order valence-corrected chi connectivity index (χ4v) is 15.1. The second-order valence-electron chi connectivity index (χ2n) is 22.3. The van der Waals surface area contributed by atoms with Gasteiger partial charge in [0.2, 0.25) is 0 Å². The van der Waals surface area contributed by atoms with Gasteiger partial charge in [-0.2, -0.15) is 0 Å². The predicted molar refractivity (Wildman–Crippen MR) is 258 cm³/mol. The molecule has 8 atom stereocenters. The third-order valence-electron chi connectivity index (χ3n) is 18.6. The molecule has 0 aliphatic heterocycles. The van der Waals surface area contributed by atoms with E-state index in [9.17, 15) is 0 Å². The van der Waals surface area contributed by atoms with E-state index in [0.717, 1.165) is 69.4 Å². The van der Waals surface area contributed by atoms with E-state index in [1.54, 1.807) is 22.3 Å². The molecule has 2 nitrogen and oxygen atoms in total. The van der Waals surface area contributed by atoms with Gasteiger partial charge in [-0.3, -0.25) is 0 Å². The van der Waals surface area contributed by atoms with Crippen molar-refractivity contribution in [3.05, 3.63) is 155 Å². The SMILES string of the molecule is CC(C)(c1cccc(-c2[c-]ccc(-c3ccc4c(c3)CC[C@@H]3[C@@H]4CC[C@]4(C)CCC[C@@H]34)c2)n1)c1cccc(-c2[c-]ccc(-c3ccc4c(c3)CC[C@@H]3[C@@H]4CC[C@]4(C)CCC[C@@H]34)c2)n1.[Pt+2]. The minimum absolute atomic E-state index is 0. The van der Waals surface area contributed by atoms with Gasteiger partial charge in [-0.25, -0.2) is 0 Å². The molecule has 0 spiro atoms. The van der Waals surface area contributed by atoms with Gasteiger partial charge in [-0.1, -0.05) is 87.4 Å². The summed E-state index contributed by atoms with van der Waals surface area (Å²) in [4.78, 5) is 10.7. The quantitative estimate of drug-likeness (QED) is 0.155. The van der Waals surface area contributed by atoms with E-state index in [2.05, 4.69) is 149 Å². The third kappa shape index (κ3) is 7.14. The van der Waals surface area contributed by atoms with Gasteiger partial charge in [-0.15, -0.1) is 70.8 Å². The van der Waals surface area contributed by atoms with Crippen LogP contribution in [-0.2, 0) is 39.3 Å². The van der Waals surface area contributed by atoms with Crippen LogP contribution in [0.5, 0.6) is 0 Å². The standard InChI is InChI=1S/C61H64N2.Pt/c1-59(2,57-19-7-17-55(62-57)45-13-5-11-39(37-45)41-21-25-47-43(35-41)23-27-51-49(47)29-33-60(3)31-9-15-53(51)60)58-20-8-18-56(63-58)46-14-6-12-40(38-46)42-22-26-48-44(36-42)24-28-52-50(48)30-34-61(4)32-10-16-54(52)61;/h5-8,11-12,17-22,25-26,35-38,49-54H,9-10,15-16,23-24,27-34H2,1-4H3;/q-2;+2/t49-,50-,51-,52-,53+,54+,60+,61+;/m1./s1. The maximum Gasteiger partial charge on any atom is 2.00 e. The molecule has 6 aromatic rings. The smallest absolute Gasteiger partial charge is 0.300 e. The minimum Gasteiger partial charge on any atom is -0.300 e. The second kappa shape index (κ2) is 16.3. The van der Waals surface area contributed by atoms with Crippen LogP contribution in [0.4, 0.5) is 0 Å². The van der Waals surface area contributed by atoms with Crippen molar-refractivity contribution >= 4 is 0 Å². The first-order valence-electron chi connectivity index (χ1n) is 24.9. The molecule has 0 amide bonds. The summed E-state index contributed by atoms with van der Waals surface area (Å²) in [5.74, 6) is 5.12. The van der Waals surface area contributed by atoms with Gasteiger partial charge in [0.1, 0.15) is 0 Å². The van der Waals surface area contributed by atoms with Crippen molar-refractivity contribution in [3.8, 4) is 44.8 Å². The summed E-state index contributed by atoms with van der Waals surface area (Å²) in [6.45, 7) is 9.70. The fourth-order valence-electron chi connectivity index (χ4n) is 15.1. The molecular weight excluding hydrogens is 956 g/mol. The van der Waals surface area contributed by atoms with Crippen LogP contribution in [0.2, 0.25) is 0 Å². The number of hydrogen-bond acceptors (Lipinski definition) is 2. The Bertz CT molecular complexity index is 2550. The van der Waals surface area contributed by atoms with Crippen LogP contribution in [0, 0.1) is 46.6 Å². The topological polar surface area (TPSA) is 25.8 Å². The molecule has 0 bridgehead atoms. The van der Waals surface area contributed by atoms with E-state index in [1.165, 1.54) is 112 Å². The van der Waals surface area contributed by atoms with Crippen molar-refractivity contribution in [2.75, 3.05) is 0 Å². The summed E-state index contributed by atoms with van der Waals surface area (Å²) in [6.07, 6.45) is 19.4. The van der Waals surface area contributed by atoms with Gasteiger partial charge >= 0.3 is 21.1 Å². The normalized spacial score (nSPS) is 29.0. The summed E-state index contributed by atoms with van der Waals surface area (Å²) in [6, 6.07) is 47.9. The molecule has 0 saturated heterocycles. The van der Waals surface area contributed by atoms with Crippen LogP contribution in [0.15, 0.2) is 109 Å². The molecule has 0 radical (unpaired) electrons. The Balaban J connectivity index is 0.00000456. The Morgan fingerprint density at radius 1 is 0.516 bits per heavy atom. The van der Waals surface area contributed by atoms with E-state index in [0.29, 0.717) is 10.8 Å². The molecule has 12 rings (SSSR count). The second-order valence-corrected chi connectivity index (χ2v) is 22.3. The largest absolute Gasteiger partial charge is 2.00 e. The van der Waals surface area contributed by atoms with Crippen molar-refractivity contribution in [2.24, 2.45) is 34.5 Å². The molecule has 6 aliphatic rings. The van der Waals surface area contributed by atoms with E-state index in [1.807, 2.05) is 0 Å². The Labute approximate surface area is 397 Å². The Morgan fingerprint density at radius 3 is 1.44 bits per heavy atom. The van der Waals surface area contributed by atoms with Crippen LogP contribution in [0.3, 0.4) is 0 Å². The zero-order valence-corrected chi connectivity index (χ0v) is 40.7. The number of rotatable bonds is 6. The molecule has 328 valence electrons. The first kappa shape index (κ1) is 42.5. The van der Waals surface area contributed by atoms with Crippen LogP contribution in [-0.4, -0.2) is 9.97 Å². The van der Waals surface area contributed by atoms with Crippen LogP contribution < -0.4 is 0 Å². The fraction of sp³-hybridized carbons (Fsp3) is 0.443. The predicted octanol–water partition coefficient (Wildman–Crippen LogP) is 15.6. The molecule has 6 aliphatic carbocycles. The van der Waals surface area contributed by atoms with E-state index < -0.39 is 5.41 Å². The molecule has 2 aromatic heterocycles. The summed E-state index contributed by atoms with van der Waals surface area (Å²) >= 11 is 0. The number of aryl methyl sites for hydroxylation is 2. The number of aromatic nitrogens is 2. The first-order valence-corrected chi connectivity index (χ1v) is 24.9. The molecular formula is C61H64N2Pt. The number of nitrogens with zero attached hydrogens (tertiary/aromatic N) is 2. The van der Waals surface area contributed by atoms with Crippen molar-refractivity contribution in [2.45, 2.75) is 135 Å². The third-order valence-corrected chi connectivity index (χ3v) is 18.6. The van der Waals surface area contributed by atoms with E-state index in [-0.39, 0.29) is 21.1 Å². The molecule has 4 saturated carbocycles. The number of hydrogen-bond donors (Lipinski definition) is 0. The molecule has 3 heteroatoms. The first-order chi connectivity index (χ1) is 30.6. The van der Waals surface area contributed by atoms with Gasteiger partial charge < -0.3 is 9.97 Å². The summed E-state index contributed by atoms with van der Waals surface area (Å²) in [5.41, 5.74) is 18.3. The Morgan fingerprint density at radius 2 is 0.969 bits per heavy atom. The van der Waals surface area contributed by atoms with Crippen LogP contribution >= 0.6 is 0 Å². The minimum atomic E-state index is -0.419. The van der Waals surface area contributed by atoms with Gasteiger partial charge in [0.05, 0.1) is 0 Å². The summed E-state index contributed by atoms with van der Waals surface area (Å²) in [7, 11) is 0. The van der Waals surface area contributed by atoms with Gasteiger partial charge in [-0.05, 0) is 194 Å². The zero-order valence-electron chi connectivity index (χ0n) is 38.5. The molecule has 0 N–H and O–H groups in total. The molecule has 0 unspecified atom stereocenters. The van der Waals surface area contributed by atoms with Gasteiger partial charge in [0.15, 0.2) is 0 Å². The number of fused-ring (bicyclic) bond motifs is 10. The average Bonchev–Trinajstić information content (AvgIpc) is 3.94. The molecule has 4 fully saturated rings. The van der Waals surface area contributed by atoms with Crippen molar-refractivity contribution in [1.82, 2.24) is 9.97 Å². The molecule has 4 aromatic carbocycles. The monoisotopic (exact) mass is 1020 g/mol. The molecule has 2 heterocycles. The maximum absolute atomic E-state index is 5.33. The van der Waals surface area contributed by atoms with Crippen molar-refractivity contribution in [1.29, 1.82) is 0 Å². The number of pyridine rings is 2. The Hall–Kier alpha value is -4.13. The summed E-state index contributed by atoms with van der Waals surface area (Å²) in [5, 5.41) is 0. The van der Waals surface area contributed by atoms with Crippen LogP contribution in [0.1, 0.15) is 150 Å². The van der Waals surface area contributed by atoms with Gasteiger partial charge in [0, 0.05) is 16.8 Å². The number of benzene rings is 4. The zero-order chi connectivity index (χ0) is 42.5. The van der Waals surface area contributed by atoms with Crippen LogP contribution in [0.25, 0.3) is 44.8 Å². The maximum atomic E-state index is 5.33. The van der Waals surface area contributed by atoms with Gasteiger partial charge in [0.25, 0.3) is 0 Å². The van der Waals surface area contributed by atoms with Crippen molar-refractivity contribution < 1.29 is 21.1 Å². The van der Waals surface area contributed by atoms with E-state index in [4.69, 9.17) is 9.97 Å². The van der Waals surface area contributed by atoms with Crippen molar-refractivity contribution in [3.63, 3.8) is 0 Å². The van der Waals surface area contributed by atoms with E-state index >= 15 is 0 Å². The average molecular weight is 1020 g/mol.